The van der Waals surface area contributed by atoms with E-state index in [1.54, 1.807) is 6.20 Å². The van der Waals surface area contributed by atoms with Gasteiger partial charge in [-0.2, -0.15) is 0 Å². The summed E-state index contributed by atoms with van der Waals surface area (Å²) in [5.74, 6) is 0.479. The zero-order valence-corrected chi connectivity index (χ0v) is 18.1. The Morgan fingerprint density at radius 3 is 2.66 bits per heavy atom. The first-order chi connectivity index (χ1) is 14.1. The number of nitrogens with zero attached hydrogens (tertiary/aromatic N) is 2. The highest BCUT2D eigenvalue weighted by atomic mass is 79.9. The Balaban J connectivity index is 1.55. The zero-order valence-electron chi connectivity index (χ0n) is 15.7. The fourth-order valence-corrected chi connectivity index (χ4v) is 4.27. The number of carbonyl (C=O) groups is 1. The molecule has 4 rings (SSSR count). The standard InChI is InChI=1S/C23H18BrN3OS/c1-15-7-2-3-9-17(15)14-29-23-25-13-19(24)21(27-23)22(28)26-20-12-6-10-16-8-4-5-11-18(16)20/h2-13H,14H2,1H3,(H,26,28). The maximum Gasteiger partial charge on any atom is 0.275 e. The van der Waals surface area contributed by atoms with Gasteiger partial charge in [0.15, 0.2) is 5.16 Å². The Bertz CT molecular complexity index is 1190. The van der Waals surface area contributed by atoms with Crippen LogP contribution in [-0.4, -0.2) is 15.9 Å². The van der Waals surface area contributed by atoms with Crippen LogP contribution in [0.15, 0.2) is 82.6 Å². The number of amides is 1. The summed E-state index contributed by atoms with van der Waals surface area (Å²) in [6, 6.07) is 22.0. The predicted octanol–water partition coefficient (Wildman–Crippen LogP) is 6.25. The van der Waals surface area contributed by atoms with E-state index in [-0.39, 0.29) is 5.91 Å². The maximum absolute atomic E-state index is 12.9. The fourth-order valence-electron chi connectivity index (χ4n) is 3.01. The molecule has 0 bridgehead atoms. The van der Waals surface area contributed by atoms with Gasteiger partial charge in [-0.25, -0.2) is 9.97 Å². The molecule has 6 heteroatoms. The molecule has 0 aliphatic rings. The van der Waals surface area contributed by atoms with E-state index in [0.29, 0.717) is 15.3 Å². The second-order valence-corrected chi connectivity index (χ2v) is 8.34. The predicted molar refractivity (Wildman–Crippen MR) is 122 cm³/mol. The molecular weight excluding hydrogens is 446 g/mol. The molecular formula is C23H18BrN3OS. The van der Waals surface area contributed by atoms with Crippen LogP contribution in [0.2, 0.25) is 0 Å². The molecule has 0 unspecified atom stereocenters. The summed E-state index contributed by atoms with van der Waals surface area (Å²) in [4.78, 5) is 21.8. The number of aryl methyl sites for hydroxylation is 1. The quantitative estimate of drug-likeness (QED) is 0.280. The van der Waals surface area contributed by atoms with Crippen LogP contribution in [0, 0.1) is 6.92 Å². The lowest BCUT2D eigenvalue weighted by Gasteiger charge is -2.10. The monoisotopic (exact) mass is 463 g/mol. The molecule has 1 heterocycles. The van der Waals surface area contributed by atoms with Crippen LogP contribution < -0.4 is 5.32 Å². The second-order valence-electron chi connectivity index (χ2n) is 6.55. The molecule has 3 aromatic carbocycles. The van der Waals surface area contributed by atoms with Gasteiger partial charge in [0.05, 0.1) is 4.47 Å². The van der Waals surface area contributed by atoms with E-state index < -0.39 is 0 Å². The number of benzene rings is 3. The van der Waals surface area contributed by atoms with Gasteiger partial charge in [0.25, 0.3) is 5.91 Å². The molecule has 0 spiro atoms. The van der Waals surface area contributed by atoms with Crippen molar-refractivity contribution in [1.29, 1.82) is 0 Å². The molecule has 0 fully saturated rings. The number of halogens is 1. The lowest BCUT2D eigenvalue weighted by Crippen LogP contribution is -2.15. The Hall–Kier alpha value is -2.70. The highest BCUT2D eigenvalue weighted by Crippen LogP contribution is 2.26. The number of aromatic nitrogens is 2. The Morgan fingerprint density at radius 1 is 1.03 bits per heavy atom. The number of hydrogen-bond donors (Lipinski definition) is 1. The molecule has 1 aromatic heterocycles. The normalized spacial score (nSPS) is 10.8. The van der Waals surface area contributed by atoms with Crippen LogP contribution in [0.3, 0.4) is 0 Å². The summed E-state index contributed by atoms with van der Waals surface area (Å²) in [5, 5.41) is 5.61. The van der Waals surface area contributed by atoms with Crippen molar-refractivity contribution in [2.24, 2.45) is 0 Å². The van der Waals surface area contributed by atoms with Crippen LogP contribution in [0.5, 0.6) is 0 Å². The lowest BCUT2D eigenvalue weighted by molar-refractivity contribution is 0.102. The molecule has 4 aromatic rings. The molecule has 0 saturated heterocycles. The number of nitrogens with one attached hydrogen (secondary N) is 1. The van der Waals surface area contributed by atoms with Crippen LogP contribution in [0.4, 0.5) is 5.69 Å². The molecule has 0 saturated carbocycles. The highest BCUT2D eigenvalue weighted by molar-refractivity contribution is 9.10. The summed E-state index contributed by atoms with van der Waals surface area (Å²) in [6.07, 6.45) is 1.63. The van der Waals surface area contributed by atoms with Crippen molar-refractivity contribution >= 4 is 50.1 Å². The number of hydrogen-bond acceptors (Lipinski definition) is 4. The Morgan fingerprint density at radius 2 is 1.79 bits per heavy atom. The first kappa shape index (κ1) is 19.6. The van der Waals surface area contributed by atoms with Crippen LogP contribution in [0.1, 0.15) is 21.6 Å². The van der Waals surface area contributed by atoms with Crippen molar-refractivity contribution in [3.05, 3.63) is 94.2 Å². The van der Waals surface area contributed by atoms with Gasteiger partial charge in [-0.1, -0.05) is 72.4 Å². The van der Waals surface area contributed by atoms with E-state index in [0.717, 1.165) is 22.2 Å². The van der Waals surface area contributed by atoms with Gasteiger partial charge >= 0.3 is 0 Å². The molecule has 144 valence electrons. The molecule has 0 atom stereocenters. The Kier molecular flexibility index (Phi) is 5.92. The third-order valence-electron chi connectivity index (χ3n) is 4.59. The third-order valence-corrected chi connectivity index (χ3v) is 6.08. The van der Waals surface area contributed by atoms with Crippen molar-refractivity contribution in [1.82, 2.24) is 9.97 Å². The maximum atomic E-state index is 12.9. The number of anilines is 1. The molecule has 29 heavy (non-hydrogen) atoms. The van der Waals surface area contributed by atoms with Crippen molar-refractivity contribution < 1.29 is 4.79 Å². The largest absolute Gasteiger partial charge is 0.320 e. The fraction of sp³-hybridized carbons (Fsp3) is 0.0870. The van der Waals surface area contributed by atoms with Crippen LogP contribution in [0.25, 0.3) is 10.8 Å². The van der Waals surface area contributed by atoms with Crippen molar-refractivity contribution in [2.45, 2.75) is 17.8 Å². The smallest absolute Gasteiger partial charge is 0.275 e. The topological polar surface area (TPSA) is 54.9 Å². The average molecular weight is 464 g/mol. The molecule has 0 aliphatic heterocycles. The lowest BCUT2D eigenvalue weighted by atomic mass is 10.1. The summed E-state index contributed by atoms with van der Waals surface area (Å²) in [6.45, 7) is 2.08. The third kappa shape index (κ3) is 4.49. The minimum absolute atomic E-state index is 0.270. The molecule has 4 nitrogen and oxygen atoms in total. The van der Waals surface area contributed by atoms with Gasteiger partial charge < -0.3 is 5.32 Å². The van der Waals surface area contributed by atoms with Gasteiger partial charge in [0, 0.05) is 23.0 Å². The average Bonchev–Trinajstić information content (AvgIpc) is 2.74. The van der Waals surface area contributed by atoms with Crippen molar-refractivity contribution in [3.63, 3.8) is 0 Å². The highest BCUT2D eigenvalue weighted by Gasteiger charge is 2.15. The number of carbonyl (C=O) groups excluding carboxylic acids is 1. The minimum atomic E-state index is -0.270. The van der Waals surface area contributed by atoms with E-state index in [9.17, 15) is 4.79 Å². The van der Waals surface area contributed by atoms with Gasteiger partial charge in [0.1, 0.15) is 5.69 Å². The summed E-state index contributed by atoms with van der Waals surface area (Å²) < 4.78 is 0.565. The van der Waals surface area contributed by atoms with E-state index in [2.05, 4.69) is 50.3 Å². The summed E-state index contributed by atoms with van der Waals surface area (Å²) in [5.41, 5.74) is 3.53. The van der Waals surface area contributed by atoms with E-state index in [4.69, 9.17) is 0 Å². The molecule has 1 amide bonds. The molecule has 0 radical (unpaired) electrons. The van der Waals surface area contributed by atoms with E-state index in [1.165, 1.54) is 22.9 Å². The minimum Gasteiger partial charge on any atom is -0.320 e. The summed E-state index contributed by atoms with van der Waals surface area (Å²) in [7, 11) is 0. The second kappa shape index (κ2) is 8.76. The van der Waals surface area contributed by atoms with Crippen LogP contribution >= 0.6 is 27.7 Å². The number of thioether (sulfide) groups is 1. The van der Waals surface area contributed by atoms with Gasteiger partial charge in [-0.05, 0) is 45.4 Å². The van der Waals surface area contributed by atoms with Gasteiger partial charge in [-0.3, -0.25) is 4.79 Å². The van der Waals surface area contributed by atoms with Crippen LogP contribution in [-0.2, 0) is 5.75 Å². The molecule has 0 aliphatic carbocycles. The van der Waals surface area contributed by atoms with E-state index >= 15 is 0 Å². The number of fused-ring (bicyclic) bond motifs is 1. The van der Waals surface area contributed by atoms with Crippen molar-refractivity contribution in [3.8, 4) is 0 Å². The van der Waals surface area contributed by atoms with E-state index in [1.807, 2.05) is 54.6 Å². The molecule has 1 N–H and O–H groups in total. The Labute approximate surface area is 181 Å². The first-order valence-electron chi connectivity index (χ1n) is 9.11. The summed E-state index contributed by atoms with van der Waals surface area (Å²) >= 11 is 4.92. The first-order valence-corrected chi connectivity index (χ1v) is 10.9. The SMILES string of the molecule is Cc1ccccc1CSc1ncc(Br)c(C(=O)Nc2cccc3ccccc23)n1. The van der Waals surface area contributed by atoms with Crippen molar-refractivity contribution in [2.75, 3.05) is 5.32 Å². The van der Waals surface area contributed by atoms with Gasteiger partial charge in [0.2, 0.25) is 0 Å². The number of rotatable bonds is 5. The van der Waals surface area contributed by atoms with Gasteiger partial charge in [-0.15, -0.1) is 0 Å². The zero-order chi connectivity index (χ0) is 20.2.